The molecule has 0 aliphatic carbocycles. The van der Waals surface area contributed by atoms with E-state index in [2.05, 4.69) is 29.4 Å². The molecule has 0 aliphatic rings. The number of benzene rings is 1. The molecule has 0 saturated carbocycles. The van der Waals surface area contributed by atoms with Gasteiger partial charge in [0.15, 0.2) is 5.96 Å². The molecular weight excluding hydrogens is 316 g/mol. The summed E-state index contributed by atoms with van der Waals surface area (Å²) in [7, 11) is 5.46. The molecule has 0 fully saturated rings. The van der Waals surface area contributed by atoms with Crippen LogP contribution in [0.25, 0.3) is 0 Å². The van der Waals surface area contributed by atoms with Crippen LogP contribution in [0.1, 0.15) is 32.3 Å². The summed E-state index contributed by atoms with van der Waals surface area (Å²) in [4.78, 5) is 19.9. The van der Waals surface area contributed by atoms with Crippen LogP contribution in [-0.2, 0) is 11.3 Å². The minimum atomic E-state index is -0.00995. The number of hydrogen-bond acceptors (Lipinski definition) is 3. The molecule has 1 amide bonds. The zero-order valence-electron chi connectivity index (χ0n) is 16.2. The van der Waals surface area contributed by atoms with Crippen LogP contribution in [0.15, 0.2) is 29.3 Å². The van der Waals surface area contributed by atoms with Crippen molar-refractivity contribution in [3.8, 4) is 5.75 Å². The smallest absolute Gasteiger partial charge is 0.243 e. The third-order valence-electron chi connectivity index (χ3n) is 3.69. The predicted octanol–water partition coefficient (Wildman–Crippen LogP) is 2.35. The second-order valence-electron chi connectivity index (χ2n) is 6.14. The maximum atomic E-state index is 11.8. The fraction of sp³-hybridized carbons (Fsp3) is 0.579. The maximum Gasteiger partial charge on any atom is 0.243 e. The van der Waals surface area contributed by atoms with Gasteiger partial charge in [0.25, 0.3) is 0 Å². The highest BCUT2D eigenvalue weighted by atomic mass is 16.5. The summed E-state index contributed by atoms with van der Waals surface area (Å²) in [6.45, 7) is 6.49. The summed E-state index contributed by atoms with van der Waals surface area (Å²) >= 11 is 0. The van der Waals surface area contributed by atoms with E-state index in [1.54, 1.807) is 19.0 Å². The van der Waals surface area contributed by atoms with Crippen molar-refractivity contribution in [3.05, 3.63) is 29.8 Å². The molecule has 1 aromatic carbocycles. The van der Waals surface area contributed by atoms with Crippen LogP contribution in [-0.4, -0.2) is 62.5 Å². The third kappa shape index (κ3) is 7.92. The number of nitrogens with zero attached hydrogens (tertiary/aromatic N) is 3. The molecule has 25 heavy (non-hydrogen) atoms. The Labute approximate surface area is 151 Å². The van der Waals surface area contributed by atoms with Gasteiger partial charge in [0.1, 0.15) is 12.3 Å². The SMILES string of the molecule is CCCCNC(=NCC(=O)N(C)C)N(C)Cc1ccc(OCC)cc1. The molecule has 0 aromatic heterocycles. The van der Waals surface area contributed by atoms with Gasteiger partial charge >= 0.3 is 0 Å². The van der Waals surface area contributed by atoms with E-state index in [0.717, 1.165) is 36.7 Å². The van der Waals surface area contributed by atoms with Crippen molar-refractivity contribution in [1.82, 2.24) is 15.1 Å². The molecular formula is C19H32N4O2. The number of nitrogens with one attached hydrogen (secondary N) is 1. The van der Waals surface area contributed by atoms with Gasteiger partial charge in [0, 0.05) is 34.2 Å². The first-order valence-electron chi connectivity index (χ1n) is 8.89. The van der Waals surface area contributed by atoms with Crippen molar-refractivity contribution < 1.29 is 9.53 Å². The van der Waals surface area contributed by atoms with Crippen molar-refractivity contribution in [2.75, 3.05) is 40.8 Å². The number of ether oxygens (including phenoxy) is 1. The van der Waals surface area contributed by atoms with Gasteiger partial charge in [-0.15, -0.1) is 0 Å². The number of aliphatic imine (C=N–C) groups is 1. The molecule has 0 spiro atoms. The first-order chi connectivity index (χ1) is 12.0. The zero-order valence-corrected chi connectivity index (χ0v) is 16.2. The molecule has 6 heteroatoms. The third-order valence-corrected chi connectivity index (χ3v) is 3.69. The number of hydrogen-bond donors (Lipinski definition) is 1. The van der Waals surface area contributed by atoms with Crippen LogP contribution >= 0.6 is 0 Å². The standard InChI is InChI=1S/C19H32N4O2/c1-6-8-13-20-19(21-14-18(24)22(3)4)23(5)15-16-9-11-17(12-10-16)25-7-2/h9-12H,6-8,13-15H2,1-5H3,(H,20,21). The summed E-state index contributed by atoms with van der Waals surface area (Å²) in [6.07, 6.45) is 2.18. The van der Waals surface area contributed by atoms with E-state index < -0.39 is 0 Å². The minimum Gasteiger partial charge on any atom is -0.494 e. The van der Waals surface area contributed by atoms with Crippen molar-refractivity contribution in [3.63, 3.8) is 0 Å². The summed E-state index contributed by atoms with van der Waals surface area (Å²) in [6, 6.07) is 8.05. The highest BCUT2D eigenvalue weighted by molar-refractivity contribution is 5.84. The predicted molar refractivity (Wildman–Crippen MR) is 103 cm³/mol. The normalized spacial score (nSPS) is 11.2. The maximum absolute atomic E-state index is 11.8. The first kappa shape index (κ1) is 20.8. The number of carbonyl (C=O) groups excluding carboxylic acids is 1. The summed E-state index contributed by atoms with van der Waals surface area (Å²) in [5.74, 6) is 1.61. The topological polar surface area (TPSA) is 57.2 Å². The van der Waals surface area contributed by atoms with Crippen LogP contribution in [0.3, 0.4) is 0 Å². The van der Waals surface area contributed by atoms with E-state index in [9.17, 15) is 4.79 Å². The monoisotopic (exact) mass is 348 g/mol. The van der Waals surface area contributed by atoms with Crippen LogP contribution in [0, 0.1) is 0 Å². The van der Waals surface area contributed by atoms with Crippen molar-refractivity contribution >= 4 is 11.9 Å². The summed E-state index contributed by atoms with van der Waals surface area (Å²) < 4.78 is 5.47. The zero-order chi connectivity index (χ0) is 18.7. The number of carbonyl (C=O) groups is 1. The lowest BCUT2D eigenvalue weighted by molar-refractivity contribution is -0.127. The lowest BCUT2D eigenvalue weighted by atomic mass is 10.2. The first-order valence-corrected chi connectivity index (χ1v) is 8.89. The van der Waals surface area contributed by atoms with Gasteiger partial charge < -0.3 is 19.9 Å². The van der Waals surface area contributed by atoms with E-state index in [1.165, 1.54) is 0 Å². The Balaban J connectivity index is 2.74. The second kappa shape index (κ2) is 11.3. The average molecular weight is 348 g/mol. The Kier molecular flexibility index (Phi) is 9.43. The molecule has 0 heterocycles. The number of unbranched alkanes of at least 4 members (excludes halogenated alkanes) is 1. The molecule has 0 radical (unpaired) electrons. The van der Waals surface area contributed by atoms with Crippen molar-refractivity contribution in [2.45, 2.75) is 33.2 Å². The molecule has 1 N–H and O–H groups in total. The molecule has 0 unspecified atom stereocenters. The molecule has 0 bridgehead atoms. The lowest BCUT2D eigenvalue weighted by Gasteiger charge is -2.23. The lowest BCUT2D eigenvalue weighted by Crippen LogP contribution is -2.40. The molecule has 0 aliphatic heterocycles. The van der Waals surface area contributed by atoms with Gasteiger partial charge in [-0.2, -0.15) is 0 Å². The van der Waals surface area contributed by atoms with E-state index in [0.29, 0.717) is 13.2 Å². The van der Waals surface area contributed by atoms with Gasteiger partial charge in [-0.25, -0.2) is 4.99 Å². The Bertz CT molecular complexity index is 541. The molecule has 140 valence electrons. The largest absolute Gasteiger partial charge is 0.494 e. The van der Waals surface area contributed by atoms with Gasteiger partial charge in [0.2, 0.25) is 5.91 Å². The Morgan fingerprint density at radius 3 is 2.40 bits per heavy atom. The average Bonchev–Trinajstić information content (AvgIpc) is 2.59. The van der Waals surface area contributed by atoms with Crippen LogP contribution in [0.2, 0.25) is 0 Å². The Hall–Kier alpha value is -2.24. The highest BCUT2D eigenvalue weighted by Gasteiger charge is 2.09. The Morgan fingerprint density at radius 2 is 1.84 bits per heavy atom. The fourth-order valence-corrected chi connectivity index (χ4v) is 2.18. The van der Waals surface area contributed by atoms with Crippen LogP contribution < -0.4 is 10.1 Å². The second-order valence-corrected chi connectivity index (χ2v) is 6.14. The van der Waals surface area contributed by atoms with Crippen molar-refractivity contribution in [1.29, 1.82) is 0 Å². The molecule has 0 saturated heterocycles. The summed E-state index contributed by atoms with van der Waals surface area (Å²) in [5.41, 5.74) is 1.16. The van der Waals surface area contributed by atoms with E-state index >= 15 is 0 Å². The fourth-order valence-electron chi connectivity index (χ4n) is 2.18. The Morgan fingerprint density at radius 1 is 1.16 bits per heavy atom. The van der Waals surface area contributed by atoms with Gasteiger partial charge in [-0.1, -0.05) is 25.5 Å². The van der Waals surface area contributed by atoms with Gasteiger partial charge in [-0.3, -0.25) is 4.79 Å². The minimum absolute atomic E-state index is 0.00995. The van der Waals surface area contributed by atoms with Crippen molar-refractivity contribution in [2.24, 2.45) is 4.99 Å². The van der Waals surface area contributed by atoms with Gasteiger partial charge in [0.05, 0.1) is 6.61 Å². The number of guanidine groups is 1. The number of likely N-dealkylation sites (N-methyl/N-ethyl adjacent to an activating group) is 1. The molecule has 1 aromatic rings. The molecule has 1 rings (SSSR count). The number of rotatable bonds is 9. The van der Waals surface area contributed by atoms with E-state index in [4.69, 9.17) is 4.74 Å². The van der Waals surface area contributed by atoms with Crippen LogP contribution in [0.5, 0.6) is 5.75 Å². The number of amides is 1. The van der Waals surface area contributed by atoms with Gasteiger partial charge in [-0.05, 0) is 31.0 Å². The van der Waals surface area contributed by atoms with E-state index in [1.807, 2.05) is 31.0 Å². The van der Waals surface area contributed by atoms with E-state index in [-0.39, 0.29) is 12.5 Å². The molecule has 0 atom stereocenters. The highest BCUT2D eigenvalue weighted by Crippen LogP contribution is 2.13. The quantitative estimate of drug-likeness (QED) is 0.423. The molecule has 6 nitrogen and oxygen atoms in total. The van der Waals surface area contributed by atoms with Crippen LogP contribution in [0.4, 0.5) is 0 Å². The summed E-state index contributed by atoms with van der Waals surface area (Å²) in [5, 5.41) is 3.35.